The molecular weight excluding hydrogens is 345 g/mol. The minimum atomic E-state index is -4.53. The molecule has 0 unspecified atom stereocenters. The molecule has 0 spiro atoms. The van der Waals surface area contributed by atoms with Gasteiger partial charge in [0.05, 0.1) is 16.3 Å². The van der Waals surface area contributed by atoms with E-state index in [1.807, 2.05) is 13.8 Å². The third kappa shape index (κ3) is 4.58. The summed E-state index contributed by atoms with van der Waals surface area (Å²) >= 11 is 5.85. The fraction of sp³-hybridized carbons (Fsp3) is 0.267. The number of aromatic nitrogens is 2. The smallest absolute Gasteiger partial charge is 0.352 e. The van der Waals surface area contributed by atoms with E-state index >= 15 is 0 Å². The highest BCUT2D eigenvalue weighted by Gasteiger charge is 2.31. The first kappa shape index (κ1) is 18.0. The van der Waals surface area contributed by atoms with E-state index in [1.165, 1.54) is 12.3 Å². The normalized spacial score (nSPS) is 11.5. The van der Waals surface area contributed by atoms with Crippen LogP contribution in [0.25, 0.3) is 0 Å². The van der Waals surface area contributed by atoms with Crippen LogP contribution in [0.5, 0.6) is 0 Å². The number of halogens is 4. The zero-order chi connectivity index (χ0) is 17.9. The highest BCUT2D eigenvalue weighted by molar-refractivity contribution is 6.33. The lowest BCUT2D eigenvalue weighted by atomic mass is 10.2. The van der Waals surface area contributed by atoms with Crippen LogP contribution in [0.3, 0.4) is 0 Å². The summed E-state index contributed by atoms with van der Waals surface area (Å²) in [4.78, 5) is 20.2. The van der Waals surface area contributed by atoms with Gasteiger partial charge in [0.25, 0.3) is 5.91 Å². The standard InChI is InChI=1S/C15H14ClF3N4O/c1-8(2)21-14-20-6-5-11(23-14)13(24)22-12-7-9(15(17,18)19)3-4-10(12)16/h3-8H,1-2H3,(H,22,24)(H,20,21,23). The zero-order valence-corrected chi connectivity index (χ0v) is 13.5. The largest absolute Gasteiger partial charge is 0.416 e. The molecule has 0 radical (unpaired) electrons. The number of nitrogens with zero attached hydrogens (tertiary/aromatic N) is 2. The highest BCUT2D eigenvalue weighted by atomic mass is 35.5. The van der Waals surface area contributed by atoms with Crippen molar-refractivity contribution in [2.24, 2.45) is 0 Å². The van der Waals surface area contributed by atoms with E-state index in [0.717, 1.165) is 18.2 Å². The van der Waals surface area contributed by atoms with Crippen molar-refractivity contribution in [2.75, 3.05) is 10.6 Å². The van der Waals surface area contributed by atoms with Crippen molar-refractivity contribution in [2.45, 2.75) is 26.1 Å². The molecular formula is C15H14ClF3N4O. The van der Waals surface area contributed by atoms with Gasteiger partial charge in [-0.15, -0.1) is 0 Å². The summed E-state index contributed by atoms with van der Waals surface area (Å²) in [6.07, 6.45) is -3.16. The first-order valence-electron chi connectivity index (χ1n) is 6.94. The van der Waals surface area contributed by atoms with Crippen LogP contribution in [0.2, 0.25) is 5.02 Å². The van der Waals surface area contributed by atoms with Crippen molar-refractivity contribution < 1.29 is 18.0 Å². The second kappa shape index (κ2) is 7.04. The zero-order valence-electron chi connectivity index (χ0n) is 12.8. The van der Waals surface area contributed by atoms with E-state index in [2.05, 4.69) is 20.6 Å². The maximum absolute atomic E-state index is 12.7. The fourth-order valence-corrected chi connectivity index (χ4v) is 1.96. The van der Waals surface area contributed by atoms with Crippen LogP contribution in [-0.2, 0) is 6.18 Å². The molecule has 24 heavy (non-hydrogen) atoms. The molecule has 2 aromatic rings. The van der Waals surface area contributed by atoms with Crippen molar-refractivity contribution in [3.8, 4) is 0 Å². The number of amides is 1. The van der Waals surface area contributed by atoms with Crippen molar-refractivity contribution in [3.63, 3.8) is 0 Å². The average Bonchev–Trinajstić information content (AvgIpc) is 2.48. The van der Waals surface area contributed by atoms with Crippen LogP contribution in [-0.4, -0.2) is 21.9 Å². The van der Waals surface area contributed by atoms with Gasteiger partial charge < -0.3 is 10.6 Å². The molecule has 1 aromatic carbocycles. The third-order valence-electron chi connectivity index (χ3n) is 2.85. The first-order valence-corrected chi connectivity index (χ1v) is 7.32. The lowest BCUT2D eigenvalue weighted by Gasteiger charge is -2.12. The van der Waals surface area contributed by atoms with E-state index in [1.54, 1.807) is 0 Å². The van der Waals surface area contributed by atoms with E-state index in [0.29, 0.717) is 0 Å². The van der Waals surface area contributed by atoms with Crippen LogP contribution < -0.4 is 10.6 Å². The molecule has 9 heteroatoms. The van der Waals surface area contributed by atoms with Gasteiger partial charge in [-0.05, 0) is 38.1 Å². The highest BCUT2D eigenvalue weighted by Crippen LogP contribution is 2.33. The van der Waals surface area contributed by atoms with Crippen molar-refractivity contribution >= 4 is 29.1 Å². The second-order valence-corrected chi connectivity index (χ2v) is 5.62. The minimum absolute atomic E-state index is 0.00151. The Hall–Kier alpha value is -2.35. The maximum Gasteiger partial charge on any atom is 0.416 e. The van der Waals surface area contributed by atoms with Crippen molar-refractivity contribution in [3.05, 3.63) is 46.7 Å². The van der Waals surface area contributed by atoms with Crippen molar-refractivity contribution in [1.29, 1.82) is 0 Å². The Bertz CT molecular complexity index is 750. The van der Waals surface area contributed by atoms with Crippen LogP contribution in [0.1, 0.15) is 29.9 Å². The number of alkyl halides is 3. The molecule has 2 rings (SSSR count). The Balaban J connectivity index is 2.24. The monoisotopic (exact) mass is 358 g/mol. The van der Waals surface area contributed by atoms with Gasteiger partial charge in [0.15, 0.2) is 0 Å². The molecule has 1 heterocycles. The molecule has 0 fully saturated rings. The molecule has 0 aliphatic rings. The molecule has 5 nitrogen and oxygen atoms in total. The minimum Gasteiger partial charge on any atom is -0.352 e. The van der Waals surface area contributed by atoms with E-state index in [9.17, 15) is 18.0 Å². The predicted molar refractivity (Wildman–Crippen MR) is 85.2 cm³/mol. The van der Waals surface area contributed by atoms with Crippen LogP contribution >= 0.6 is 11.6 Å². The van der Waals surface area contributed by atoms with Gasteiger partial charge in [-0.3, -0.25) is 4.79 Å². The summed E-state index contributed by atoms with van der Waals surface area (Å²) in [7, 11) is 0. The average molecular weight is 359 g/mol. The number of nitrogens with one attached hydrogen (secondary N) is 2. The SMILES string of the molecule is CC(C)Nc1nccc(C(=O)Nc2cc(C(F)(F)F)ccc2Cl)n1. The predicted octanol–water partition coefficient (Wildman–Crippen LogP) is 4.22. The Kier molecular flexibility index (Phi) is 5.28. The van der Waals surface area contributed by atoms with Gasteiger partial charge in [-0.2, -0.15) is 13.2 Å². The molecule has 0 saturated carbocycles. The Morgan fingerprint density at radius 3 is 2.58 bits per heavy atom. The van der Waals surface area contributed by atoms with Gasteiger partial charge in [-0.1, -0.05) is 11.6 Å². The summed E-state index contributed by atoms with van der Waals surface area (Å²) in [6, 6.07) is 4.09. The van der Waals surface area contributed by atoms with E-state index in [4.69, 9.17) is 11.6 Å². The van der Waals surface area contributed by atoms with Crippen LogP contribution in [0, 0.1) is 0 Å². The van der Waals surface area contributed by atoms with E-state index in [-0.39, 0.29) is 28.4 Å². The maximum atomic E-state index is 12.7. The van der Waals surface area contributed by atoms with Crippen molar-refractivity contribution in [1.82, 2.24) is 9.97 Å². The molecule has 0 aliphatic heterocycles. The molecule has 128 valence electrons. The van der Waals surface area contributed by atoms with Gasteiger partial charge in [0.1, 0.15) is 5.69 Å². The molecule has 1 aromatic heterocycles. The fourth-order valence-electron chi connectivity index (χ4n) is 1.80. The summed E-state index contributed by atoms with van der Waals surface area (Å²) in [6.45, 7) is 3.75. The summed E-state index contributed by atoms with van der Waals surface area (Å²) in [5, 5.41) is 5.25. The third-order valence-corrected chi connectivity index (χ3v) is 3.18. The topological polar surface area (TPSA) is 66.9 Å². The van der Waals surface area contributed by atoms with Crippen LogP contribution in [0.4, 0.5) is 24.8 Å². The number of hydrogen-bond acceptors (Lipinski definition) is 4. The summed E-state index contributed by atoms with van der Waals surface area (Å²) in [5.41, 5.74) is -1.05. The van der Waals surface area contributed by atoms with Gasteiger partial charge >= 0.3 is 6.18 Å². The first-order chi connectivity index (χ1) is 11.2. The van der Waals surface area contributed by atoms with Gasteiger partial charge in [0, 0.05) is 12.2 Å². The quantitative estimate of drug-likeness (QED) is 0.858. The molecule has 0 atom stereocenters. The number of carbonyl (C=O) groups excluding carboxylic acids is 1. The number of rotatable bonds is 4. The molecule has 0 aliphatic carbocycles. The Labute approximate surface area is 141 Å². The van der Waals surface area contributed by atoms with Gasteiger partial charge in [0.2, 0.25) is 5.95 Å². The molecule has 1 amide bonds. The molecule has 0 saturated heterocycles. The number of carbonyl (C=O) groups is 1. The Morgan fingerprint density at radius 2 is 1.96 bits per heavy atom. The number of benzene rings is 1. The van der Waals surface area contributed by atoms with Crippen LogP contribution in [0.15, 0.2) is 30.5 Å². The number of hydrogen-bond donors (Lipinski definition) is 2. The molecule has 2 N–H and O–H groups in total. The summed E-state index contributed by atoms with van der Waals surface area (Å²) < 4.78 is 38.2. The second-order valence-electron chi connectivity index (χ2n) is 5.21. The van der Waals surface area contributed by atoms with E-state index < -0.39 is 17.6 Å². The summed E-state index contributed by atoms with van der Waals surface area (Å²) in [5.74, 6) is -0.446. The van der Waals surface area contributed by atoms with Gasteiger partial charge in [-0.25, -0.2) is 9.97 Å². The molecule has 0 bridgehead atoms. The number of anilines is 2. The lowest BCUT2D eigenvalue weighted by Crippen LogP contribution is -2.18. The Morgan fingerprint density at radius 1 is 1.25 bits per heavy atom. The lowest BCUT2D eigenvalue weighted by molar-refractivity contribution is -0.137.